The van der Waals surface area contributed by atoms with E-state index in [1.165, 1.54) is 6.42 Å². The third kappa shape index (κ3) is 0.765. The fraction of sp³-hybridized carbons (Fsp3) is 0.846. The molecule has 2 aliphatic carbocycles. The Morgan fingerprint density at radius 1 is 1.33 bits per heavy atom. The van der Waals surface area contributed by atoms with Crippen molar-refractivity contribution in [1.82, 2.24) is 0 Å². The lowest BCUT2D eigenvalue weighted by molar-refractivity contribution is -0.132. The van der Waals surface area contributed by atoms with Gasteiger partial charge in [-0.25, -0.2) is 0 Å². The number of carbonyl (C=O) groups excluding carboxylic acids is 1. The summed E-state index contributed by atoms with van der Waals surface area (Å²) in [6.45, 7) is 6.70. The van der Waals surface area contributed by atoms with E-state index in [1.54, 1.807) is 0 Å². The monoisotopic (exact) mass is 205 g/mol. The zero-order chi connectivity index (χ0) is 10.9. The molecule has 2 nitrogen and oxygen atoms in total. The highest BCUT2D eigenvalue weighted by Gasteiger charge is 2.73. The van der Waals surface area contributed by atoms with Crippen LogP contribution in [0.1, 0.15) is 46.5 Å². The van der Waals surface area contributed by atoms with Gasteiger partial charge in [-0.2, -0.15) is 0 Å². The highest BCUT2D eigenvalue weighted by atomic mass is 16.1. The van der Waals surface area contributed by atoms with Crippen LogP contribution in [-0.2, 0) is 4.79 Å². The van der Waals surface area contributed by atoms with Crippen molar-refractivity contribution in [2.24, 2.45) is 21.7 Å². The molecule has 0 aromatic rings. The van der Waals surface area contributed by atoms with Crippen LogP contribution in [-0.4, -0.2) is 17.5 Å². The summed E-state index contributed by atoms with van der Waals surface area (Å²) in [4.78, 5) is 17.2. The molecule has 0 aromatic carbocycles. The van der Waals surface area contributed by atoms with Crippen molar-refractivity contribution in [1.29, 1.82) is 0 Å². The van der Waals surface area contributed by atoms with E-state index in [0.717, 1.165) is 19.3 Å². The van der Waals surface area contributed by atoms with E-state index in [2.05, 4.69) is 25.8 Å². The second-order valence-electron chi connectivity index (χ2n) is 6.25. The molecule has 0 aromatic heterocycles. The first-order chi connectivity index (χ1) is 6.95. The minimum absolute atomic E-state index is 0.112. The second kappa shape index (κ2) is 2.36. The first-order valence-electron chi connectivity index (χ1n) is 6.04. The number of hydrogen-bond acceptors (Lipinski definition) is 2. The molecular formula is C13H19NO. The van der Waals surface area contributed by atoms with Gasteiger partial charge in [-0.1, -0.05) is 20.8 Å². The maximum atomic E-state index is 12.6. The summed E-state index contributed by atoms with van der Waals surface area (Å²) >= 11 is 0. The Morgan fingerprint density at radius 2 is 2.07 bits per heavy atom. The Balaban J connectivity index is 2.18. The Morgan fingerprint density at radius 3 is 2.53 bits per heavy atom. The molecule has 0 N–H and O–H groups in total. The number of nitrogens with zero attached hydrogens (tertiary/aromatic N) is 1. The summed E-state index contributed by atoms with van der Waals surface area (Å²) in [7, 11) is 0. The maximum absolute atomic E-state index is 12.6. The molecule has 0 radical (unpaired) electrons. The van der Waals surface area contributed by atoms with Gasteiger partial charge in [0.15, 0.2) is 5.78 Å². The molecule has 82 valence electrons. The minimum Gasteiger partial charge on any atom is -0.296 e. The van der Waals surface area contributed by atoms with Crippen LogP contribution in [0.5, 0.6) is 0 Å². The molecule has 2 fully saturated rings. The van der Waals surface area contributed by atoms with Gasteiger partial charge >= 0.3 is 0 Å². The first-order valence-corrected chi connectivity index (χ1v) is 6.04. The van der Waals surface area contributed by atoms with Crippen molar-refractivity contribution in [3.05, 3.63) is 0 Å². The number of carbonyl (C=O) groups is 1. The number of rotatable bonds is 0. The largest absolute Gasteiger partial charge is 0.296 e. The highest BCUT2D eigenvalue weighted by Crippen LogP contribution is 2.69. The Hall–Kier alpha value is -0.660. The standard InChI is InChI=1S/C13H19NO/c1-11(2)9-5-7-12(11,3)10(15)13(9)6-4-8-14-13/h8-9H,4-7H2,1-3H3/t9?,12?,13-/m0/s1. The van der Waals surface area contributed by atoms with Gasteiger partial charge in [0, 0.05) is 11.6 Å². The molecule has 0 amide bonds. The van der Waals surface area contributed by atoms with Crippen LogP contribution in [0.25, 0.3) is 0 Å². The van der Waals surface area contributed by atoms with Crippen LogP contribution < -0.4 is 0 Å². The Bertz CT molecular complexity index is 371. The molecule has 1 spiro atoms. The average molecular weight is 205 g/mol. The number of aliphatic imine (C=N–C) groups is 1. The fourth-order valence-corrected chi connectivity index (χ4v) is 4.39. The van der Waals surface area contributed by atoms with Gasteiger partial charge in [0.05, 0.1) is 0 Å². The van der Waals surface area contributed by atoms with Gasteiger partial charge in [-0.3, -0.25) is 9.79 Å². The lowest BCUT2D eigenvalue weighted by Crippen LogP contribution is -2.43. The molecule has 2 unspecified atom stereocenters. The quantitative estimate of drug-likeness (QED) is 0.597. The van der Waals surface area contributed by atoms with Gasteiger partial charge in [0.25, 0.3) is 0 Å². The van der Waals surface area contributed by atoms with Crippen molar-refractivity contribution in [2.75, 3.05) is 0 Å². The molecule has 3 rings (SSSR count). The minimum atomic E-state index is -0.309. The summed E-state index contributed by atoms with van der Waals surface area (Å²) < 4.78 is 0. The summed E-state index contributed by atoms with van der Waals surface area (Å²) in [5, 5.41) is 0. The maximum Gasteiger partial charge on any atom is 0.167 e. The molecule has 2 heteroatoms. The zero-order valence-electron chi connectivity index (χ0n) is 9.84. The lowest BCUT2D eigenvalue weighted by atomic mass is 9.70. The number of ketones is 1. The van der Waals surface area contributed by atoms with Gasteiger partial charge in [-0.05, 0) is 37.0 Å². The molecule has 0 saturated heterocycles. The van der Waals surface area contributed by atoms with Gasteiger partial charge in [-0.15, -0.1) is 0 Å². The van der Waals surface area contributed by atoms with Crippen molar-refractivity contribution >= 4 is 12.0 Å². The van der Waals surface area contributed by atoms with Crippen molar-refractivity contribution in [3.8, 4) is 0 Å². The average Bonchev–Trinajstić information content (AvgIpc) is 2.74. The predicted molar refractivity (Wildman–Crippen MR) is 60.1 cm³/mol. The Kier molecular flexibility index (Phi) is 1.50. The van der Waals surface area contributed by atoms with Crippen LogP contribution >= 0.6 is 0 Å². The molecule has 3 atom stereocenters. The second-order valence-corrected chi connectivity index (χ2v) is 6.25. The SMILES string of the molecule is CC12CCC(C1(C)C)[C@@]1(CCC=N1)C2=O. The fourth-order valence-electron chi connectivity index (χ4n) is 4.39. The molecule has 3 aliphatic rings. The van der Waals surface area contributed by atoms with Crippen LogP contribution in [0.3, 0.4) is 0 Å². The molecule has 2 bridgehead atoms. The van der Waals surface area contributed by atoms with Crippen molar-refractivity contribution < 1.29 is 4.79 Å². The van der Waals surface area contributed by atoms with E-state index in [0.29, 0.717) is 11.7 Å². The summed E-state index contributed by atoms with van der Waals surface area (Å²) in [5.41, 5.74) is -0.276. The lowest BCUT2D eigenvalue weighted by Gasteiger charge is -2.32. The predicted octanol–water partition coefficient (Wildman–Crippen LogP) is 2.62. The summed E-state index contributed by atoms with van der Waals surface area (Å²) in [6.07, 6.45) is 6.19. The van der Waals surface area contributed by atoms with E-state index < -0.39 is 0 Å². The van der Waals surface area contributed by atoms with Crippen LogP contribution in [0.2, 0.25) is 0 Å². The van der Waals surface area contributed by atoms with Crippen molar-refractivity contribution in [2.45, 2.75) is 52.0 Å². The molecule has 1 heterocycles. The molecule has 1 aliphatic heterocycles. The zero-order valence-corrected chi connectivity index (χ0v) is 9.84. The molecule has 15 heavy (non-hydrogen) atoms. The van der Waals surface area contributed by atoms with E-state index in [1.807, 2.05) is 6.21 Å². The van der Waals surface area contributed by atoms with Crippen LogP contribution in [0.4, 0.5) is 0 Å². The van der Waals surface area contributed by atoms with Gasteiger partial charge in [0.1, 0.15) is 5.54 Å². The smallest absolute Gasteiger partial charge is 0.167 e. The molecular weight excluding hydrogens is 186 g/mol. The summed E-state index contributed by atoms with van der Waals surface area (Å²) in [6, 6.07) is 0. The topological polar surface area (TPSA) is 29.4 Å². The van der Waals surface area contributed by atoms with E-state index in [-0.39, 0.29) is 16.4 Å². The number of Topliss-reactive ketones (excluding diaryl/α,β-unsaturated/α-hetero) is 1. The number of fused-ring (bicyclic) bond motifs is 3. The van der Waals surface area contributed by atoms with Gasteiger partial charge in [0.2, 0.25) is 0 Å². The Labute approximate surface area is 91.2 Å². The third-order valence-electron chi connectivity index (χ3n) is 5.67. The van der Waals surface area contributed by atoms with Crippen molar-refractivity contribution in [3.63, 3.8) is 0 Å². The van der Waals surface area contributed by atoms with Crippen LogP contribution in [0, 0.1) is 16.7 Å². The van der Waals surface area contributed by atoms with E-state index in [4.69, 9.17) is 0 Å². The molecule has 2 saturated carbocycles. The van der Waals surface area contributed by atoms with E-state index in [9.17, 15) is 4.79 Å². The first kappa shape index (κ1) is 9.56. The highest BCUT2D eigenvalue weighted by molar-refractivity contribution is 6.00. The van der Waals surface area contributed by atoms with Crippen LogP contribution in [0.15, 0.2) is 4.99 Å². The van der Waals surface area contributed by atoms with E-state index >= 15 is 0 Å². The normalized spacial score (nSPS) is 50.9. The summed E-state index contributed by atoms with van der Waals surface area (Å²) in [5.74, 6) is 0.922. The van der Waals surface area contributed by atoms with Gasteiger partial charge < -0.3 is 0 Å². The number of hydrogen-bond donors (Lipinski definition) is 0. The third-order valence-corrected chi connectivity index (χ3v) is 5.67.